The molecule has 1 aliphatic carbocycles. The van der Waals surface area contributed by atoms with Crippen LogP contribution in [0, 0.1) is 26.7 Å². The highest BCUT2D eigenvalue weighted by Crippen LogP contribution is 2.27. The second-order valence-electron chi connectivity index (χ2n) is 6.95. The number of benzene rings is 1. The lowest BCUT2D eigenvalue weighted by atomic mass is 9.88. The molecule has 1 fully saturated rings. The first-order chi connectivity index (χ1) is 11.6. The van der Waals surface area contributed by atoms with Crippen LogP contribution in [0.4, 0.5) is 5.69 Å². The summed E-state index contributed by atoms with van der Waals surface area (Å²) in [5.41, 5.74) is 5.33. The molecule has 1 saturated carbocycles. The molecule has 1 aliphatic rings. The molecule has 1 aromatic heterocycles. The minimum Gasteiger partial charge on any atom is -0.323 e. The third-order valence-corrected chi connectivity index (χ3v) is 5.19. The Kier molecular flexibility index (Phi) is 5.03. The molecule has 1 amide bonds. The van der Waals surface area contributed by atoms with Gasteiger partial charge in [-0.15, -0.1) is 0 Å². The Balaban J connectivity index is 1.76. The fraction of sp³-hybridized carbons (Fsp3) is 0.500. The van der Waals surface area contributed by atoms with Crippen molar-refractivity contribution < 1.29 is 4.79 Å². The van der Waals surface area contributed by atoms with Crippen LogP contribution in [0.2, 0.25) is 0 Å². The highest BCUT2D eigenvalue weighted by atomic mass is 16.1. The highest BCUT2D eigenvalue weighted by Gasteiger charge is 2.23. The zero-order valence-corrected chi connectivity index (χ0v) is 14.9. The number of nitrogens with zero attached hydrogens (tertiary/aromatic N) is 2. The third kappa shape index (κ3) is 3.53. The lowest BCUT2D eigenvalue weighted by Crippen LogP contribution is -2.25. The Labute approximate surface area is 144 Å². The number of rotatable bonds is 4. The van der Waals surface area contributed by atoms with Crippen LogP contribution in [0.5, 0.6) is 0 Å². The molecule has 0 radical (unpaired) electrons. The average Bonchev–Trinajstić information content (AvgIpc) is 2.85. The predicted octanol–water partition coefficient (Wildman–Crippen LogP) is 4.38. The van der Waals surface area contributed by atoms with Gasteiger partial charge in [-0.05, 0) is 44.7 Å². The van der Waals surface area contributed by atoms with Gasteiger partial charge in [-0.2, -0.15) is 5.10 Å². The van der Waals surface area contributed by atoms with Crippen molar-refractivity contribution in [3.05, 3.63) is 46.8 Å². The van der Waals surface area contributed by atoms with E-state index in [1.54, 1.807) is 0 Å². The van der Waals surface area contributed by atoms with Gasteiger partial charge in [-0.3, -0.25) is 9.48 Å². The number of aromatic nitrogens is 2. The zero-order chi connectivity index (χ0) is 17.1. The highest BCUT2D eigenvalue weighted by molar-refractivity contribution is 5.93. The predicted molar refractivity (Wildman–Crippen MR) is 97.2 cm³/mol. The van der Waals surface area contributed by atoms with Crippen LogP contribution in [0.25, 0.3) is 0 Å². The Morgan fingerprint density at radius 1 is 1.17 bits per heavy atom. The number of hydrogen-bond donors (Lipinski definition) is 1. The fourth-order valence-electron chi connectivity index (χ4n) is 3.57. The number of nitrogens with one attached hydrogen (secondary N) is 1. The number of carbonyl (C=O) groups excluding carboxylic acids is 1. The summed E-state index contributed by atoms with van der Waals surface area (Å²) in [6, 6.07) is 8.36. The van der Waals surface area contributed by atoms with Gasteiger partial charge in [0.05, 0.1) is 23.6 Å². The molecular formula is C20H27N3O. The molecular weight excluding hydrogens is 298 g/mol. The molecule has 0 atom stereocenters. The molecule has 0 unspecified atom stereocenters. The van der Waals surface area contributed by atoms with Crippen molar-refractivity contribution in [2.24, 2.45) is 5.92 Å². The summed E-state index contributed by atoms with van der Waals surface area (Å²) in [7, 11) is 0. The molecule has 24 heavy (non-hydrogen) atoms. The molecule has 0 saturated heterocycles. The number of hydrogen-bond acceptors (Lipinski definition) is 2. The Morgan fingerprint density at radius 3 is 2.58 bits per heavy atom. The van der Waals surface area contributed by atoms with E-state index in [1.807, 2.05) is 18.5 Å². The Hall–Kier alpha value is -2.10. The van der Waals surface area contributed by atoms with Crippen molar-refractivity contribution in [2.45, 2.75) is 59.4 Å². The maximum Gasteiger partial charge on any atom is 0.227 e. The van der Waals surface area contributed by atoms with E-state index in [9.17, 15) is 4.79 Å². The normalized spacial score (nSPS) is 15.5. The second kappa shape index (κ2) is 7.20. The number of carbonyl (C=O) groups is 1. The van der Waals surface area contributed by atoms with Crippen molar-refractivity contribution in [1.29, 1.82) is 0 Å². The molecule has 0 spiro atoms. The minimum atomic E-state index is 0.163. The van der Waals surface area contributed by atoms with Gasteiger partial charge in [0.25, 0.3) is 0 Å². The summed E-state index contributed by atoms with van der Waals surface area (Å²) < 4.78 is 1.99. The molecule has 1 N–H and O–H groups in total. The topological polar surface area (TPSA) is 46.9 Å². The standard InChI is InChI=1S/C20H27N3O/c1-14-9-7-8-12-18(14)13-23-16(3)19(15(2)22-23)21-20(24)17-10-5-4-6-11-17/h7-9,12,17H,4-6,10-11,13H2,1-3H3,(H,21,24). The van der Waals surface area contributed by atoms with E-state index in [0.717, 1.165) is 36.5 Å². The second-order valence-corrected chi connectivity index (χ2v) is 6.95. The fourth-order valence-corrected chi connectivity index (χ4v) is 3.57. The summed E-state index contributed by atoms with van der Waals surface area (Å²) in [6.45, 7) is 6.86. The smallest absolute Gasteiger partial charge is 0.227 e. The van der Waals surface area contributed by atoms with Crippen LogP contribution in [0.3, 0.4) is 0 Å². The maximum atomic E-state index is 12.5. The van der Waals surface area contributed by atoms with Gasteiger partial charge in [0, 0.05) is 5.92 Å². The van der Waals surface area contributed by atoms with Crippen LogP contribution in [-0.2, 0) is 11.3 Å². The summed E-state index contributed by atoms with van der Waals surface area (Å²) in [5, 5.41) is 7.79. The van der Waals surface area contributed by atoms with E-state index in [-0.39, 0.29) is 11.8 Å². The third-order valence-electron chi connectivity index (χ3n) is 5.19. The quantitative estimate of drug-likeness (QED) is 0.907. The van der Waals surface area contributed by atoms with Crippen molar-refractivity contribution in [3.63, 3.8) is 0 Å². The van der Waals surface area contributed by atoms with E-state index < -0.39 is 0 Å². The van der Waals surface area contributed by atoms with Gasteiger partial charge in [-0.1, -0.05) is 43.5 Å². The molecule has 0 bridgehead atoms. The zero-order valence-electron chi connectivity index (χ0n) is 14.9. The van der Waals surface area contributed by atoms with Gasteiger partial charge in [0.15, 0.2) is 0 Å². The maximum absolute atomic E-state index is 12.5. The monoisotopic (exact) mass is 325 g/mol. The molecule has 4 heteroatoms. The number of anilines is 1. The summed E-state index contributed by atoms with van der Waals surface area (Å²) in [4.78, 5) is 12.5. The minimum absolute atomic E-state index is 0.163. The van der Waals surface area contributed by atoms with Crippen molar-refractivity contribution in [1.82, 2.24) is 9.78 Å². The SMILES string of the molecule is Cc1ccccc1Cn1nc(C)c(NC(=O)C2CCCCC2)c1C. The molecule has 1 heterocycles. The van der Waals surface area contributed by atoms with Crippen LogP contribution in [0.1, 0.15) is 54.6 Å². The summed E-state index contributed by atoms with van der Waals surface area (Å²) in [5.74, 6) is 0.327. The van der Waals surface area contributed by atoms with Gasteiger partial charge < -0.3 is 5.32 Å². The molecule has 2 aromatic rings. The van der Waals surface area contributed by atoms with Crippen LogP contribution in [0.15, 0.2) is 24.3 Å². The van der Waals surface area contributed by atoms with Crippen molar-refractivity contribution in [3.8, 4) is 0 Å². The van der Waals surface area contributed by atoms with Gasteiger partial charge in [0.2, 0.25) is 5.91 Å². The summed E-state index contributed by atoms with van der Waals surface area (Å²) >= 11 is 0. The van der Waals surface area contributed by atoms with Crippen molar-refractivity contribution in [2.75, 3.05) is 5.32 Å². The number of aryl methyl sites for hydroxylation is 2. The van der Waals surface area contributed by atoms with E-state index in [4.69, 9.17) is 0 Å². The van der Waals surface area contributed by atoms with E-state index in [0.29, 0.717) is 0 Å². The molecule has 128 valence electrons. The average molecular weight is 325 g/mol. The summed E-state index contributed by atoms with van der Waals surface area (Å²) in [6.07, 6.45) is 5.63. The van der Waals surface area contributed by atoms with E-state index >= 15 is 0 Å². The van der Waals surface area contributed by atoms with Gasteiger partial charge in [0.1, 0.15) is 0 Å². The molecule has 4 nitrogen and oxygen atoms in total. The Bertz CT molecular complexity index is 726. The first-order valence-electron chi connectivity index (χ1n) is 8.95. The lowest BCUT2D eigenvalue weighted by molar-refractivity contribution is -0.120. The molecule has 0 aliphatic heterocycles. The first kappa shape index (κ1) is 16.7. The van der Waals surface area contributed by atoms with Crippen LogP contribution in [-0.4, -0.2) is 15.7 Å². The van der Waals surface area contributed by atoms with Gasteiger partial charge >= 0.3 is 0 Å². The number of amides is 1. The van der Waals surface area contributed by atoms with Gasteiger partial charge in [-0.25, -0.2) is 0 Å². The first-order valence-corrected chi connectivity index (χ1v) is 8.95. The van der Waals surface area contributed by atoms with E-state index in [2.05, 4.69) is 41.6 Å². The largest absolute Gasteiger partial charge is 0.323 e. The molecule has 3 rings (SSSR count). The van der Waals surface area contributed by atoms with Crippen LogP contribution < -0.4 is 5.32 Å². The van der Waals surface area contributed by atoms with Crippen LogP contribution >= 0.6 is 0 Å². The van der Waals surface area contributed by atoms with E-state index in [1.165, 1.54) is 30.4 Å². The Morgan fingerprint density at radius 2 is 1.88 bits per heavy atom. The molecule has 1 aromatic carbocycles. The lowest BCUT2D eigenvalue weighted by Gasteiger charge is -2.20. The van der Waals surface area contributed by atoms with Crippen molar-refractivity contribution >= 4 is 11.6 Å².